The van der Waals surface area contributed by atoms with Crippen LogP contribution in [0.4, 0.5) is 0 Å². The van der Waals surface area contributed by atoms with Gasteiger partial charge >= 0.3 is 0 Å². The zero-order valence-corrected chi connectivity index (χ0v) is 19.8. The van der Waals surface area contributed by atoms with Gasteiger partial charge in [-0.15, -0.1) is 0 Å². The van der Waals surface area contributed by atoms with E-state index in [0.29, 0.717) is 30.5 Å². The third-order valence-electron chi connectivity index (χ3n) is 8.38. The zero-order valence-electron chi connectivity index (χ0n) is 18.8. The van der Waals surface area contributed by atoms with Crippen LogP contribution < -0.4 is 5.32 Å². The molecule has 0 bridgehead atoms. The van der Waals surface area contributed by atoms with Gasteiger partial charge in [0.1, 0.15) is 11.5 Å². The number of Topliss-reactive ketones (excluding diaryl/α,β-unsaturated/α-hetero) is 1. The maximum absolute atomic E-state index is 12.8. The second-order valence-electron chi connectivity index (χ2n) is 10.8. The summed E-state index contributed by atoms with van der Waals surface area (Å²) in [5.74, 6) is 2.23. The summed E-state index contributed by atoms with van der Waals surface area (Å²) in [5, 5.41) is 3.19. The molecule has 1 N–H and O–H groups in total. The van der Waals surface area contributed by atoms with E-state index >= 15 is 0 Å². The Morgan fingerprint density at radius 2 is 1.83 bits per heavy atom. The topological polar surface area (TPSA) is 55.4 Å². The molecule has 4 rings (SSSR count). The lowest BCUT2D eigenvalue weighted by Crippen LogP contribution is -2.51. The summed E-state index contributed by atoms with van der Waals surface area (Å²) in [6, 6.07) is 1.14. The van der Waals surface area contributed by atoms with Crippen molar-refractivity contribution in [3.63, 3.8) is 0 Å². The second-order valence-corrected chi connectivity index (χ2v) is 15.1. The molecule has 1 amide bonds. The number of nitrogens with one attached hydrogen (secondary N) is 1. The average Bonchev–Trinajstić information content (AvgIpc) is 2.96. The zero-order chi connectivity index (χ0) is 21.0. The number of rotatable bonds is 5. The summed E-state index contributed by atoms with van der Waals surface area (Å²) < 4.78 is 6.85. The van der Waals surface area contributed by atoms with Gasteiger partial charge in [-0.2, -0.15) is 0 Å². The molecule has 160 valence electrons. The second kappa shape index (κ2) is 7.11. The monoisotopic (exact) mass is 415 g/mol. The van der Waals surface area contributed by atoms with E-state index in [1.807, 2.05) is 0 Å². The molecule has 0 aromatic heterocycles. The van der Waals surface area contributed by atoms with Crippen molar-refractivity contribution in [2.45, 2.75) is 91.3 Å². The minimum absolute atomic E-state index is 0.0435. The fourth-order valence-corrected chi connectivity index (χ4v) is 8.49. The van der Waals surface area contributed by atoms with Crippen LogP contribution in [0.5, 0.6) is 0 Å². The van der Waals surface area contributed by atoms with Crippen molar-refractivity contribution < 1.29 is 14.0 Å². The molecule has 1 saturated heterocycles. The minimum Gasteiger partial charge on any atom is -0.544 e. The van der Waals surface area contributed by atoms with Crippen molar-refractivity contribution in [2.24, 2.45) is 22.7 Å². The van der Waals surface area contributed by atoms with Gasteiger partial charge in [0.25, 0.3) is 0 Å². The lowest BCUT2D eigenvalue weighted by Gasteiger charge is -2.53. The van der Waals surface area contributed by atoms with Gasteiger partial charge in [0.05, 0.1) is 0 Å². The molecule has 3 aliphatic carbocycles. The third kappa shape index (κ3) is 3.33. The Kier molecular flexibility index (Phi) is 5.12. The van der Waals surface area contributed by atoms with Gasteiger partial charge in [0, 0.05) is 29.4 Å². The summed E-state index contributed by atoms with van der Waals surface area (Å²) >= 11 is 0. The summed E-state index contributed by atoms with van der Waals surface area (Å²) in [5.41, 5.74) is 2.18. The normalized spacial score (nSPS) is 36.8. The Bertz CT molecular complexity index is 798. The van der Waals surface area contributed by atoms with Crippen molar-refractivity contribution >= 4 is 20.0 Å². The van der Waals surface area contributed by atoms with Gasteiger partial charge in [-0.1, -0.05) is 33.6 Å². The van der Waals surface area contributed by atoms with Crippen molar-refractivity contribution in [2.75, 3.05) is 0 Å². The highest BCUT2D eigenvalue weighted by Crippen LogP contribution is 2.62. The van der Waals surface area contributed by atoms with Crippen molar-refractivity contribution in [1.29, 1.82) is 0 Å². The fourth-order valence-electron chi connectivity index (χ4n) is 6.41. The first-order valence-corrected chi connectivity index (χ1v) is 14.7. The van der Waals surface area contributed by atoms with Crippen LogP contribution >= 0.6 is 0 Å². The van der Waals surface area contributed by atoms with Crippen molar-refractivity contribution in [1.82, 2.24) is 5.32 Å². The first kappa shape index (κ1) is 20.9. The van der Waals surface area contributed by atoms with Crippen LogP contribution in [-0.4, -0.2) is 20.0 Å². The van der Waals surface area contributed by atoms with Crippen LogP contribution in [0.3, 0.4) is 0 Å². The van der Waals surface area contributed by atoms with Crippen molar-refractivity contribution in [3.8, 4) is 0 Å². The van der Waals surface area contributed by atoms with Crippen LogP contribution in [0.15, 0.2) is 23.1 Å². The van der Waals surface area contributed by atoms with Crippen LogP contribution in [0.2, 0.25) is 19.1 Å². The van der Waals surface area contributed by atoms with Crippen LogP contribution in [0, 0.1) is 22.7 Å². The number of carbonyl (C=O) groups excluding carboxylic acids is 2. The number of unbranched alkanes of at least 4 members (excludes halogenated alkanes) is 1. The number of piperidine rings is 1. The minimum atomic E-state index is -1.87. The van der Waals surface area contributed by atoms with E-state index in [0.717, 1.165) is 43.2 Å². The Morgan fingerprint density at radius 1 is 1.10 bits per heavy atom. The number of amides is 1. The Labute approximate surface area is 176 Å². The number of carbonyl (C=O) groups is 2. The molecular formula is C24H37NO3Si. The molecule has 1 aliphatic heterocycles. The van der Waals surface area contributed by atoms with E-state index < -0.39 is 8.32 Å². The number of ketones is 1. The fraction of sp³-hybridized carbons (Fsp3) is 0.750. The standard InChI is InChI=1S/C24H37NO3Si/c1-6-7-14-29(4,5)28-18-15-19-23(2,13-11-21(27)25-19)17-10-12-24(3)16(22(17)18)8-9-20(24)26/h15-17H,6-14H2,1-5H3,(H,25,27)/t16-,17-,23+,24-/m0/s1. The molecule has 0 spiro atoms. The van der Waals surface area contributed by atoms with Gasteiger partial charge in [0.2, 0.25) is 14.2 Å². The highest BCUT2D eigenvalue weighted by molar-refractivity contribution is 6.71. The molecule has 2 saturated carbocycles. The molecule has 0 aromatic rings. The Hall–Kier alpha value is -1.36. The number of hydrogen-bond donors (Lipinski definition) is 1. The molecule has 0 unspecified atom stereocenters. The first-order valence-electron chi connectivity index (χ1n) is 11.6. The highest BCUT2D eigenvalue weighted by Gasteiger charge is 2.58. The van der Waals surface area contributed by atoms with Crippen LogP contribution in [0.25, 0.3) is 0 Å². The van der Waals surface area contributed by atoms with E-state index in [2.05, 4.69) is 45.3 Å². The van der Waals surface area contributed by atoms with Gasteiger partial charge in [-0.3, -0.25) is 9.59 Å². The number of fused-ring (bicyclic) bond motifs is 5. The molecule has 29 heavy (non-hydrogen) atoms. The van der Waals surface area contributed by atoms with E-state index in [-0.39, 0.29) is 16.7 Å². The van der Waals surface area contributed by atoms with Gasteiger partial charge in [-0.25, -0.2) is 0 Å². The molecule has 4 atom stereocenters. The predicted octanol–water partition coefficient (Wildman–Crippen LogP) is 5.47. The quantitative estimate of drug-likeness (QED) is 0.606. The smallest absolute Gasteiger partial charge is 0.245 e. The predicted molar refractivity (Wildman–Crippen MR) is 117 cm³/mol. The van der Waals surface area contributed by atoms with E-state index in [9.17, 15) is 9.59 Å². The lowest BCUT2D eigenvalue weighted by molar-refractivity contribution is -0.127. The number of allylic oxidation sites excluding steroid dienone is 3. The molecule has 5 heteroatoms. The lowest BCUT2D eigenvalue weighted by atomic mass is 9.53. The first-order chi connectivity index (χ1) is 13.6. The van der Waals surface area contributed by atoms with E-state index in [4.69, 9.17) is 4.43 Å². The van der Waals surface area contributed by atoms with Crippen LogP contribution in [-0.2, 0) is 14.0 Å². The average molecular weight is 416 g/mol. The van der Waals surface area contributed by atoms with Crippen molar-refractivity contribution in [3.05, 3.63) is 23.1 Å². The number of hydrogen-bond acceptors (Lipinski definition) is 3. The molecule has 0 radical (unpaired) electrons. The highest BCUT2D eigenvalue weighted by atomic mass is 28.4. The molecule has 3 fully saturated rings. The summed E-state index contributed by atoms with van der Waals surface area (Å²) in [6.07, 6.45) is 9.63. The summed E-state index contributed by atoms with van der Waals surface area (Å²) in [4.78, 5) is 25.0. The Balaban J connectivity index is 1.80. The van der Waals surface area contributed by atoms with Crippen LogP contribution in [0.1, 0.15) is 72.1 Å². The maximum Gasteiger partial charge on any atom is 0.245 e. The van der Waals surface area contributed by atoms with E-state index in [1.54, 1.807) is 0 Å². The largest absolute Gasteiger partial charge is 0.544 e. The SMILES string of the molecule is CCCC[Si](C)(C)OC1=C2[C@H](CC[C@]3(C)C(=O)CC[C@@H]23)[C@@]2(C)CCC(=O)NC2=C1. The van der Waals surface area contributed by atoms with E-state index in [1.165, 1.54) is 18.4 Å². The van der Waals surface area contributed by atoms with Gasteiger partial charge < -0.3 is 9.74 Å². The molecule has 4 aliphatic rings. The molecular weight excluding hydrogens is 378 g/mol. The van der Waals surface area contributed by atoms with Gasteiger partial charge in [-0.05, 0) is 68.3 Å². The maximum atomic E-state index is 12.8. The summed E-state index contributed by atoms with van der Waals surface area (Å²) in [6.45, 7) is 11.3. The third-order valence-corrected chi connectivity index (χ3v) is 10.7. The molecule has 0 aromatic carbocycles. The molecule has 1 heterocycles. The Morgan fingerprint density at radius 3 is 2.55 bits per heavy atom. The van der Waals surface area contributed by atoms with Gasteiger partial charge in [0.15, 0.2) is 0 Å². The summed E-state index contributed by atoms with van der Waals surface area (Å²) in [7, 11) is -1.87. The molecule has 4 nitrogen and oxygen atoms in total.